The lowest BCUT2D eigenvalue weighted by Crippen LogP contribution is -2.44. The molecule has 0 aromatic heterocycles. The zero-order valence-electron chi connectivity index (χ0n) is 16.1. The number of hydrogen-bond acceptors (Lipinski definition) is 5. The summed E-state index contributed by atoms with van der Waals surface area (Å²) in [7, 11) is 5.36. The van der Waals surface area contributed by atoms with Gasteiger partial charge in [0.05, 0.1) is 24.8 Å². The first-order valence-corrected chi connectivity index (χ1v) is 8.98. The molecular formula is C19H29N3O4. The second-order valence-electron chi connectivity index (χ2n) is 6.53. The SMILES string of the molecule is CCCN(C)C(=O)C[C@@H]1COc2ccc(C(=O)NCCOC)cc2N1C. The van der Waals surface area contributed by atoms with Crippen molar-refractivity contribution in [1.82, 2.24) is 10.2 Å². The van der Waals surface area contributed by atoms with E-state index in [1.807, 2.05) is 25.1 Å². The highest BCUT2D eigenvalue weighted by Crippen LogP contribution is 2.34. The molecule has 0 saturated heterocycles. The van der Waals surface area contributed by atoms with Gasteiger partial charge in [-0.15, -0.1) is 0 Å². The highest BCUT2D eigenvalue weighted by Gasteiger charge is 2.28. The van der Waals surface area contributed by atoms with E-state index in [9.17, 15) is 9.59 Å². The van der Waals surface area contributed by atoms with Crippen molar-refractivity contribution in [2.75, 3.05) is 52.4 Å². The second kappa shape index (κ2) is 9.43. The minimum atomic E-state index is -0.154. The van der Waals surface area contributed by atoms with Crippen molar-refractivity contribution in [3.8, 4) is 5.75 Å². The van der Waals surface area contributed by atoms with Gasteiger partial charge < -0.3 is 24.6 Å². The van der Waals surface area contributed by atoms with Crippen molar-refractivity contribution < 1.29 is 19.1 Å². The Balaban J connectivity index is 2.07. The van der Waals surface area contributed by atoms with Gasteiger partial charge in [0.1, 0.15) is 12.4 Å². The summed E-state index contributed by atoms with van der Waals surface area (Å²) in [6.07, 6.45) is 1.32. The number of nitrogens with one attached hydrogen (secondary N) is 1. The Morgan fingerprint density at radius 1 is 1.42 bits per heavy atom. The molecule has 1 aliphatic rings. The molecule has 0 fully saturated rings. The minimum Gasteiger partial charge on any atom is -0.489 e. The molecule has 0 spiro atoms. The van der Waals surface area contributed by atoms with Crippen LogP contribution in [0.4, 0.5) is 5.69 Å². The molecule has 0 bridgehead atoms. The molecule has 1 aromatic rings. The number of methoxy groups -OCH3 is 1. The minimum absolute atomic E-state index is 0.0545. The van der Waals surface area contributed by atoms with Crippen LogP contribution in [-0.4, -0.2) is 70.3 Å². The van der Waals surface area contributed by atoms with Gasteiger partial charge in [0.2, 0.25) is 5.91 Å². The molecule has 1 aromatic carbocycles. The number of carbonyl (C=O) groups excluding carboxylic acids is 2. The highest BCUT2D eigenvalue weighted by atomic mass is 16.5. The molecule has 1 heterocycles. The molecule has 2 amide bonds. The fourth-order valence-corrected chi connectivity index (χ4v) is 2.93. The number of rotatable bonds is 8. The first-order valence-electron chi connectivity index (χ1n) is 8.98. The van der Waals surface area contributed by atoms with E-state index >= 15 is 0 Å². The molecule has 0 aliphatic carbocycles. The molecule has 1 atom stereocenters. The molecule has 26 heavy (non-hydrogen) atoms. The molecule has 7 heteroatoms. The second-order valence-corrected chi connectivity index (χ2v) is 6.53. The van der Waals surface area contributed by atoms with E-state index in [0.29, 0.717) is 31.7 Å². The maximum absolute atomic E-state index is 12.3. The Morgan fingerprint density at radius 3 is 2.88 bits per heavy atom. The smallest absolute Gasteiger partial charge is 0.251 e. The van der Waals surface area contributed by atoms with Crippen molar-refractivity contribution in [3.05, 3.63) is 23.8 Å². The summed E-state index contributed by atoms with van der Waals surface area (Å²) in [5, 5.41) is 2.81. The first kappa shape index (κ1) is 20.0. The van der Waals surface area contributed by atoms with Gasteiger partial charge in [0.25, 0.3) is 5.91 Å². The van der Waals surface area contributed by atoms with E-state index in [1.165, 1.54) is 0 Å². The fraction of sp³-hybridized carbons (Fsp3) is 0.579. The van der Waals surface area contributed by atoms with E-state index in [1.54, 1.807) is 24.1 Å². The van der Waals surface area contributed by atoms with Gasteiger partial charge in [-0.05, 0) is 24.6 Å². The predicted molar refractivity (Wildman–Crippen MR) is 101 cm³/mol. The van der Waals surface area contributed by atoms with E-state index in [-0.39, 0.29) is 17.9 Å². The molecule has 0 radical (unpaired) electrons. The number of nitrogens with zero attached hydrogens (tertiary/aromatic N) is 2. The monoisotopic (exact) mass is 363 g/mol. The molecule has 7 nitrogen and oxygen atoms in total. The van der Waals surface area contributed by atoms with Crippen LogP contribution in [0.3, 0.4) is 0 Å². The number of amides is 2. The van der Waals surface area contributed by atoms with Crippen LogP contribution in [0.1, 0.15) is 30.1 Å². The third-order valence-corrected chi connectivity index (χ3v) is 4.57. The average Bonchev–Trinajstić information content (AvgIpc) is 2.64. The van der Waals surface area contributed by atoms with Crippen LogP contribution in [0.5, 0.6) is 5.75 Å². The molecule has 1 aliphatic heterocycles. The predicted octanol–water partition coefficient (Wildman–Crippen LogP) is 1.52. The molecule has 0 saturated carbocycles. The Hall–Kier alpha value is -2.28. The lowest BCUT2D eigenvalue weighted by atomic mass is 10.1. The van der Waals surface area contributed by atoms with Gasteiger partial charge >= 0.3 is 0 Å². The van der Waals surface area contributed by atoms with Gasteiger partial charge in [-0.3, -0.25) is 9.59 Å². The molecule has 144 valence electrons. The summed E-state index contributed by atoms with van der Waals surface area (Å²) in [6.45, 7) is 4.18. The fourth-order valence-electron chi connectivity index (χ4n) is 2.93. The average molecular weight is 363 g/mol. The van der Waals surface area contributed by atoms with Crippen molar-refractivity contribution in [2.45, 2.75) is 25.8 Å². The maximum atomic E-state index is 12.3. The molecule has 0 unspecified atom stereocenters. The summed E-state index contributed by atoms with van der Waals surface area (Å²) < 4.78 is 10.8. The first-order chi connectivity index (χ1) is 12.5. The van der Waals surface area contributed by atoms with Crippen LogP contribution in [0.2, 0.25) is 0 Å². The Kier molecular flexibility index (Phi) is 7.26. The lowest BCUT2D eigenvalue weighted by molar-refractivity contribution is -0.130. The Morgan fingerprint density at radius 2 is 2.19 bits per heavy atom. The van der Waals surface area contributed by atoms with Gasteiger partial charge in [-0.2, -0.15) is 0 Å². The Labute approximate surface area is 155 Å². The molecular weight excluding hydrogens is 334 g/mol. The van der Waals surface area contributed by atoms with Crippen LogP contribution >= 0.6 is 0 Å². The van der Waals surface area contributed by atoms with Gasteiger partial charge in [0, 0.05) is 39.9 Å². The number of likely N-dealkylation sites (N-methyl/N-ethyl adjacent to an activating group) is 1. The van der Waals surface area contributed by atoms with Crippen LogP contribution in [0.25, 0.3) is 0 Å². The van der Waals surface area contributed by atoms with Crippen molar-refractivity contribution in [2.24, 2.45) is 0 Å². The van der Waals surface area contributed by atoms with Crippen molar-refractivity contribution >= 4 is 17.5 Å². The van der Waals surface area contributed by atoms with Gasteiger partial charge in [-0.1, -0.05) is 6.92 Å². The third kappa shape index (κ3) is 4.88. The number of benzene rings is 1. The van der Waals surface area contributed by atoms with Crippen LogP contribution in [0, 0.1) is 0 Å². The summed E-state index contributed by atoms with van der Waals surface area (Å²) >= 11 is 0. The standard InChI is InChI=1S/C19H29N3O4/c1-5-9-21(2)18(23)12-15-13-26-17-7-6-14(11-16(17)22(15)3)19(24)20-8-10-25-4/h6-7,11,15H,5,8-10,12-13H2,1-4H3,(H,20,24)/t15-/m1/s1. The largest absolute Gasteiger partial charge is 0.489 e. The van der Waals surface area contributed by atoms with E-state index < -0.39 is 0 Å². The third-order valence-electron chi connectivity index (χ3n) is 4.57. The topological polar surface area (TPSA) is 71.1 Å². The number of fused-ring (bicyclic) bond motifs is 1. The number of carbonyl (C=O) groups is 2. The lowest BCUT2D eigenvalue weighted by Gasteiger charge is -2.36. The summed E-state index contributed by atoms with van der Waals surface area (Å²) in [6, 6.07) is 5.30. The normalized spacial score (nSPS) is 15.8. The molecule has 2 rings (SSSR count). The van der Waals surface area contributed by atoms with Crippen molar-refractivity contribution in [1.29, 1.82) is 0 Å². The van der Waals surface area contributed by atoms with Crippen LogP contribution < -0.4 is 15.0 Å². The van der Waals surface area contributed by atoms with E-state index in [0.717, 1.165) is 24.4 Å². The summed E-state index contributed by atoms with van der Waals surface area (Å²) in [5.41, 5.74) is 1.39. The van der Waals surface area contributed by atoms with E-state index in [2.05, 4.69) is 12.2 Å². The van der Waals surface area contributed by atoms with Crippen molar-refractivity contribution in [3.63, 3.8) is 0 Å². The van der Waals surface area contributed by atoms with Gasteiger partial charge in [-0.25, -0.2) is 0 Å². The van der Waals surface area contributed by atoms with Crippen LogP contribution in [-0.2, 0) is 9.53 Å². The zero-order chi connectivity index (χ0) is 19.1. The van der Waals surface area contributed by atoms with E-state index in [4.69, 9.17) is 9.47 Å². The van der Waals surface area contributed by atoms with Crippen LogP contribution in [0.15, 0.2) is 18.2 Å². The molecule has 1 N–H and O–H groups in total. The zero-order valence-corrected chi connectivity index (χ0v) is 16.1. The quantitative estimate of drug-likeness (QED) is 0.709. The maximum Gasteiger partial charge on any atom is 0.251 e. The number of anilines is 1. The van der Waals surface area contributed by atoms with Gasteiger partial charge in [0.15, 0.2) is 0 Å². The number of ether oxygens (including phenoxy) is 2. The number of hydrogen-bond donors (Lipinski definition) is 1. The highest BCUT2D eigenvalue weighted by molar-refractivity contribution is 5.95. The Bertz CT molecular complexity index is 635. The summed E-state index contributed by atoms with van der Waals surface area (Å²) in [5.74, 6) is 0.676. The summed E-state index contributed by atoms with van der Waals surface area (Å²) in [4.78, 5) is 28.4.